The minimum atomic E-state index is -0.756. The number of aryl methyl sites for hydroxylation is 1. The Balaban J connectivity index is 2.74. The van der Waals surface area contributed by atoms with E-state index in [-0.39, 0.29) is 24.3 Å². The van der Waals surface area contributed by atoms with Gasteiger partial charge in [-0.1, -0.05) is 45.4 Å². The maximum atomic E-state index is 12.6. The Morgan fingerprint density at radius 1 is 1.20 bits per heavy atom. The Hall–Kier alpha value is -2.57. The van der Waals surface area contributed by atoms with Crippen molar-refractivity contribution in [2.24, 2.45) is 11.7 Å². The summed E-state index contributed by atoms with van der Waals surface area (Å²) in [5, 5.41) is 5.29. The van der Waals surface area contributed by atoms with Gasteiger partial charge in [0, 0.05) is 12.7 Å². The zero-order valence-corrected chi connectivity index (χ0v) is 15.3. The number of para-hydroxylation sites is 1. The number of hydrogen-bond acceptors (Lipinski definition) is 3. The molecule has 0 saturated heterocycles. The lowest BCUT2D eigenvalue weighted by molar-refractivity contribution is -0.136. The second-order valence-corrected chi connectivity index (χ2v) is 6.12. The third-order valence-electron chi connectivity index (χ3n) is 4.21. The number of anilines is 1. The molecule has 0 aromatic heterocycles. The average molecular weight is 348 g/mol. The summed E-state index contributed by atoms with van der Waals surface area (Å²) in [5.41, 5.74) is 6.93. The summed E-state index contributed by atoms with van der Waals surface area (Å²) in [6.45, 7) is 5.67. The molecular weight excluding hydrogens is 320 g/mol. The number of carbonyl (C=O) groups excluding carboxylic acids is 3. The van der Waals surface area contributed by atoms with Crippen molar-refractivity contribution in [3.63, 3.8) is 0 Å². The second kappa shape index (κ2) is 9.66. The largest absolute Gasteiger partial charge is 0.352 e. The van der Waals surface area contributed by atoms with Crippen LogP contribution in [0.4, 0.5) is 10.5 Å². The molecule has 0 saturated carbocycles. The molecule has 4 amide bonds. The fourth-order valence-corrected chi connectivity index (χ4v) is 2.51. The van der Waals surface area contributed by atoms with Crippen LogP contribution >= 0.6 is 0 Å². The van der Waals surface area contributed by atoms with Gasteiger partial charge in [-0.3, -0.25) is 9.59 Å². The van der Waals surface area contributed by atoms with Gasteiger partial charge in [-0.2, -0.15) is 0 Å². The van der Waals surface area contributed by atoms with Gasteiger partial charge in [0.2, 0.25) is 11.8 Å². The first-order valence-electron chi connectivity index (χ1n) is 8.48. The van der Waals surface area contributed by atoms with Crippen LogP contribution in [0.5, 0.6) is 0 Å². The lowest BCUT2D eigenvalue weighted by Gasteiger charge is -2.27. The van der Waals surface area contributed by atoms with Crippen molar-refractivity contribution in [1.29, 1.82) is 0 Å². The summed E-state index contributed by atoms with van der Waals surface area (Å²) in [5.74, 6) is -0.725. The van der Waals surface area contributed by atoms with Crippen LogP contribution in [0.2, 0.25) is 0 Å². The molecule has 0 aliphatic rings. The Bertz CT molecular complexity index is 618. The topological polar surface area (TPSA) is 105 Å². The van der Waals surface area contributed by atoms with E-state index in [2.05, 4.69) is 10.6 Å². The Morgan fingerprint density at radius 2 is 1.84 bits per heavy atom. The zero-order chi connectivity index (χ0) is 19.0. The van der Waals surface area contributed by atoms with Gasteiger partial charge in [-0.05, 0) is 24.0 Å². The van der Waals surface area contributed by atoms with Crippen LogP contribution in [0.3, 0.4) is 0 Å². The maximum absolute atomic E-state index is 12.6. The highest BCUT2D eigenvalue weighted by atomic mass is 16.2. The van der Waals surface area contributed by atoms with Crippen LogP contribution in [0.15, 0.2) is 24.3 Å². The third kappa shape index (κ3) is 6.10. The molecule has 25 heavy (non-hydrogen) atoms. The normalized spacial score (nSPS) is 12.8. The smallest absolute Gasteiger partial charge is 0.312 e. The second-order valence-electron chi connectivity index (χ2n) is 6.12. The molecular formula is C18H28N4O3. The SMILES string of the molecule is CCc1ccccc1NC(=O)CN(C)C(=O)[C@@H](NC(N)=O)[C@@H](C)CC. The van der Waals surface area contributed by atoms with Crippen molar-refractivity contribution < 1.29 is 14.4 Å². The van der Waals surface area contributed by atoms with Gasteiger partial charge >= 0.3 is 6.03 Å². The molecule has 0 aliphatic carbocycles. The molecule has 2 atom stereocenters. The summed E-state index contributed by atoms with van der Waals surface area (Å²) in [7, 11) is 1.53. The predicted molar refractivity (Wildman–Crippen MR) is 98.0 cm³/mol. The molecule has 4 N–H and O–H groups in total. The molecule has 0 aliphatic heterocycles. The van der Waals surface area contributed by atoms with E-state index in [4.69, 9.17) is 5.73 Å². The summed E-state index contributed by atoms with van der Waals surface area (Å²) in [6, 6.07) is 6.03. The maximum Gasteiger partial charge on any atom is 0.312 e. The predicted octanol–water partition coefficient (Wildman–Crippen LogP) is 1.73. The summed E-state index contributed by atoms with van der Waals surface area (Å²) >= 11 is 0. The zero-order valence-electron chi connectivity index (χ0n) is 15.3. The monoisotopic (exact) mass is 348 g/mol. The van der Waals surface area contributed by atoms with Crippen LogP contribution in [-0.4, -0.2) is 42.4 Å². The number of nitrogens with one attached hydrogen (secondary N) is 2. The van der Waals surface area contributed by atoms with Crippen LogP contribution in [0.1, 0.15) is 32.8 Å². The lowest BCUT2D eigenvalue weighted by atomic mass is 9.98. The molecule has 0 bridgehead atoms. The number of hydrogen-bond donors (Lipinski definition) is 3. The number of likely N-dealkylation sites (N-methyl/N-ethyl adjacent to an activating group) is 1. The van der Waals surface area contributed by atoms with Crippen LogP contribution in [0.25, 0.3) is 0 Å². The number of rotatable bonds is 8. The number of amides is 4. The Labute approximate surface area is 148 Å². The number of carbonyl (C=O) groups is 3. The van der Waals surface area contributed by atoms with E-state index in [1.807, 2.05) is 45.0 Å². The van der Waals surface area contributed by atoms with E-state index < -0.39 is 12.1 Å². The molecule has 0 radical (unpaired) electrons. The molecule has 0 spiro atoms. The highest BCUT2D eigenvalue weighted by molar-refractivity contribution is 5.96. The van der Waals surface area contributed by atoms with Crippen molar-refractivity contribution >= 4 is 23.5 Å². The van der Waals surface area contributed by atoms with Crippen LogP contribution < -0.4 is 16.4 Å². The molecule has 0 unspecified atom stereocenters. The lowest BCUT2D eigenvalue weighted by Crippen LogP contribution is -2.53. The van der Waals surface area contributed by atoms with Crippen LogP contribution in [-0.2, 0) is 16.0 Å². The van der Waals surface area contributed by atoms with Gasteiger partial charge in [-0.25, -0.2) is 4.79 Å². The van der Waals surface area contributed by atoms with Gasteiger partial charge in [0.15, 0.2) is 0 Å². The minimum absolute atomic E-state index is 0.0914. The molecule has 138 valence electrons. The number of primary amides is 1. The first kappa shape index (κ1) is 20.5. The van der Waals surface area contributed by atoms with Crippen molar-refractivity contribution in [3.05, 3.63) is 29.8 Å². The molecule has 1 aromatic rings. The summed E-state index contributed by atoms with van der Waals surface area (Å²) < 4.78 is 0. The average Bonchev–Trinajstić information content (AvgIpc) is 2.58. The van der Waals surface area contributed by atoms with E-state index in [9.17, 15) is 14.4 Å². The van der Waals surface area contributed by atoms with Crippen molar-refractivity contribution in [1.82, 2.24) is 10.2 Å². The first-order chi connectivity index (χ1) is 11.8. The minimum Gasteiger partial charge on any atom is -0.352 e. The fourth-order valence-electron chi connectivity index (χ4n) is 2.51. The van der Waals surface area contributed by atoms with Gasteiger partial charge < -0.3 is 21.3 Å². The molecule has 1 rings (SSSR count). The van der Waals surface area contributed by atoms with Gasteiger partial charge in [-0.15, -0.1) is 0 Å². The molecule has 0 fully saturated rings. The van der Waals surface area contributed by atoms with E-state index in [0.29, 0.717) is 6.42 Å². The number of benzene rings is 1. The van der Waals surface area contributed by atoms with Gasteiger partial charge in [0.25, 0.3) is 0 Å². The Kier molecular flexibility index (Phi) is 7.91. The van der Waals surface area contributed by atoms with E-state index in [0.717, 1.165) is 17.7 Å². The summed E-state index contributed by atoms with van der Waals surface area (Å²) in [6.07, 6.45) is 1.49. The third-order valence-corrected chi connectivity index (χ3v) is 4.21. The highest BCUT2D eigenvalue weighted by Crippen LogP contribution is 2.15. The Morgan fingerprint density at radius 3 is 2.40 bits per heavy atom. The van der Waals surface area contributed by atoms with E-state index >= 15 is 0 Å². The molecule has 0 heterocycles. The van der Waals surface area contributed by atoms with Crippen LogP contribution in [0, 0.1) is 5.92 Å². The molecule has 7 nitrogen and oxygen atoms in total. The van der Waals surface area contributed by atoms with E-state index in [1.54, 1.807) is 0 Å². The van der Waals surface area contributed by atoms with Gasteiger partial charge in [0.05, 0.1) is 6.54 Å². The van der Waals surface area contributed by atoms with Crippen molar-refractivity contribution in [3.8, 4) is 0 Å². The number of urea groups is 1. The molecule has 7 heteroatoms. The van der Waals surface area contributed by atoms with Crippen molar-refractivity contribution in [2.45, 2.75) is 39.7 Å². The van der Waals surface area contributed by atoms with E-state index in [1.165, 1.54) is 11.9 Å². The standard InChI is InChI=1S/C18H28N4O3/c1-5-12(3)16(21-18(19)25)17(24)22(4)11-15(23)20-14-10-8-7-9-13(14)6-2/h7-10,12,16H,5-6,11H2,1-4H3,(H,20,23)(H3,19,21,25)/t12-,16-/m0/s1. The summed E-state index contributed by atoms with van der Waals surface area (Å²) in [4.78, 5) is 37.3. The number of nitrogens with two attached hydrogens (primary N) is 1. The highest BCUT2D eigenvalue weighted by Gasteiger charge is 2.28. The number of nitrogens with zero attached hydrogens (tertiary/aromatic N) is 1. The van der Waals surface area contributed by atoms with Gasteiger partial charge in [0.1, 0.15) is 6.04 Å². The quantitative estimate of drug-likeness (QED) is 0.666. The van der Waals surface area contributed by atoms with Crippen molar-refractivity contribution in [2.75, 3.05) is 18.9 Å². The fraction of sp³-hybridized carbons (Fsp3) is 0.500. The first-order valence-corrected chi connectivity index (χ1v) is 8.48. The molecule has 1 aromatic carbocycles.